The summed E-state index contributed by atoms with van der Waals surface area (Å²) in [6.07, 6.45) is 6.32. The minimum atomic E-state index is -0.890. The summed E-state index contributed by atoms with van der Waals surface area (Å²) in [5.41, 5.74) is 4.91. The summed E-state index contributed by atoms with van der Waals surface area (Å²) in [5, 5.41) is 31.6. The summed E-state index contributed by atoms with van der Waals surface area (Å²) in [6, 6.07) is 18.8. The second-order valence-corrected chi connectivity index (χ2v) is 12.1. The number of ether oxygens (including phenoxy) is 1. The average molecular weight is 511 g/mol. The number of aliphatic hydroxyl groups excluding tert-OH is 3. The third kappa shape index (κ3) is 3.87. The lowest BCUT2D eigenvalue weighted by molar-refractivity contribution is -0.113. The van der Waals surface area contributed by atoms with Gasteiger partial charge in [-0.05, 0) is 107 Å². The van der Waals surface area contributed by atoms with Crippen LogP contribution in [-0.2, 0) is 10.2 Å². The third-order valence-electron chi connectivity index (χ3n) is 9.74. The first kappa shape index (κ1) is 23.9. The number of Topliss-reactive ketones (excluding diaryl/α,β-unsaturated/α-hetero) is 1. The van der Waals surface area contributed by atoms with Crippen molar-refractivity contribution in [1.82, 2.24) is 0 Å². The molecule has 8 rings (SSSR count). The number of aliphatic hydroxyl groups is 3. The Kier molecular flexibility index (Phi) is 5.64. The number of rotatable bonds is 7. The Morgan fingerprint density at radius 2 is 1.53 bits per heavy atom. The van der Waals surface area contributed by atoms with Gasteiger partial charge in [-0.1, -0.05) is 30.3 Å². The van der Waals surface area contributed by atoms with E-state index in [1.54, 1.807) is 0 Å². The van der Waals surface area contributed by atoms with Crippen LogP contribution in [0.25, 0.3) is 27.5 Å². The number of carbonyl (C=O) groups excluding carboxylic acids is 1. The van der Waals surface area contributed by atoms with E-state index in [1.807, 2.05) is 24.3 Å². The Bertz CT molecular complexity index is 1450. The van der Waals surface area contributed by atoms with Crippen molar-refractivity contribution < 1.29 is 24.9 Å². The van der Waals surface area contributed by atoms with Crippen LogP contribution < -0.4 is 4.74 Å². The quantitative estimate of drug-likeness (QED) is 0.366. The lowest BCUT2D eigenvalue weighted by Gasteiger charge is -2.40. The highest BCUT2D eigenvalue weighted by Crippen LogP contribution is 2.66. The van der Waals surface area contributed by atoms with Crippen molar-refractivity contribution in [3.05, 3.63) is 71.5 Å². The van der Waals surface area contributed by atoms with Crippen molar-refractivity contribution in [2.45, 2.75) is 56.5 Å². The number of allylic oxidation sites excluding steroid dienone is 2. The summed E-state index contributed by atoms with van der Waals surface area (Å²) in [7, 11) is 0. The van der Waals surface area contributed by atoms with Crippen LogP contribution in [0.15, 0.2) is 60.4 Å². The van der Waals surface area contributed by atoms with Crippen LogP contribution in [-0.4, -0.2) is 40.4 Å². The van der Waals surface area contributed by atoms with Crippen molar-refractivity contribution in [3.8, 4) is 16.9 Å². The molecule has 3 atom stereocenters. The maximum atomic E-state index is 12.3. The van der Waals surface area contributed by atoms with E-state index in [9.17, 15) is 20.1 Å². The highest BCUT2D eigenvalue weighted by atomic mass is 16.5. The second-order valence-electron chi connectivity index (χ2n) is 12.1. The fourth-order valence-electron chi connectivity index (χ4n) is 8.18. The molecule has 4 fully saturated rings. The monoisotopic (exact) mass is 510 g/mol. The molecule has 0 spiro atoms. The summed E-state index contributed by atoms with van der Waals surface area (Å²) >= 11 is 0. The second kappa shape index (κ2) is 8.96. The normalized spacial score (nSPS) is 28.6. The molecule has 4 bridgehead atoms. The first-order chi connectivity index (χ1) is 18.4. The van der Waals surface area contributed by atoms with Gasteiger partial charge < -0.3 is 20.1 Å². The van der Waals surface area contributed by atoms with E-state index >= 15 is 0 Å². The van der Waals surface area contributed by atoms with Crippen molar-refractivity contribution in [1.29, 1.82) is 0 Å². The predicted molar refractivity (Wildman–Crippen MR) is 147 cm³/mol. The molecule has 0 aliphatic heterocycles. The molecule has 3 aromatic carbocycles. The molecule has 0 radical (unpaired) electrons. The number of ketones is 1. The van der Waals surface area contributed by atoms with Crippen LogP contribution in [0.3, 0.4) is 0 Å². The zero-order valence-corrected chi connectivity index (χ0v) is 21.5. The maximum Gasteiger partial charge on any atom is 0.167 e. The molecule has 0 saturated heterocycles. The van der Waals surface area contributed by atoms with E-state index in [2.05, 4.69) is 30.3 Å². The summed E-state index contributed by atoms with van der Waals surface area (Å²) in [4.78, 5) is 12.3. The number of fused-ring (bicyclic) bond motifs is 1. The summed E-state index contributed by atoms with van der Waals surface area (Å²) in [6.45, 7) is -0.226. The first-order valence-corrected chi connectivity index (χ1v) is 14.0. The number of benzene rings is 3. The Hall–Kier alpha value is -3.15. The van der Waals surface area contributed by atoms with Gasteiger partial charge in [-0.2, -0.15) is 0 Å². The van der Waals surface area contributed by atoms with Gasteiger partial charge in [0.2, 0.25) is 0 Å². The average Bonchev–Trinajstić information content (AvgIpc) is 3.51. The lowest BCUT2D eigenvalue weighted by Crippen LogP contribution is -2.32. The molecule has 0 heterocycles. The Labute approximate surface area is 222 Å². The topological polar surface area (TPSA) is 87.0 Å². The van der Waals surface area contributed by atoms with Gasteiger partial charge >= 0.3 is 0 Å². The molecule has 3 N–H and O–H groups in total. The van der Waals surface area contributed by atoms with Crippen molar-refractivity contribution in [3.63, 3.8) is 0 Å². The van der Waals surface area contributed by atoms with Gasteiger partial charge in [0.1, 0.15) is 24.2 Å². The number of hydrogen-bond donors (Lipinski definition) is 3. The van der Waals surface area contributed by atoms with Crippen molar-refractivity contribution in [2.75, 3.05) is 13.2 Å². The number of carbonyl (C=O) groups is 1. The molecular formula is C33H34O5. The zero-order valence-electron chi connectivity index (χ0n) is 21.5. The van der Waals surface area contributed by atoms with Crippen molar-refractivity contribution in [2.24, 2.45) is 17.8 Å². The summed E-state index contributed by atoms with van der Waals surface area (Å²) < 4.78 is 6.12. The van der Waals surface area contributed by atoms with E-state index in [0.29, 0.717) is 18.4 Å². The van der Waals surface area contributed by atoms with Gasteiger partial charge in [0.05, 0.1) is 12.2 Å². The molecule has 5 heteroatoms. The third-order valence-corrected chi connectivity index (χ3v) is 9.74. The SMILES string of the molecule is O=C1CCC(O)=C1c1ccc2cc(-c3ccc(OCC(O)CO)c(C45CC6CC(C4)C(C6)C5)c3)ccc2c1. The fraction of sp³-hybridized carbons (Fsp3) is 0.424. The van der Waals surface area contributed by atoms with Crippen LogP contribution in [0.1, 0.15) is 56.1 Å². The number of hydrogen-bond acceptors (Lipinski definition) is 5. The molecule has 196 valence electrons. The Morgan fingerprint density at radius 1 is 0.868 bits per heavy atom. The van der Waals surface area contributed by atoms with Crippen LogP contribution >= 0.6 is 0 Å². The molecular weight excluding hydrogens is 476 g/mol. The minimum absolute atomic E-state index is 0.00805. The van der Waals surface area contributed by atoms with Gasteiger partial charge in [-0.25, -0.2) is 0 Å². The molecule has 3 aromatic rings. The molecule has 5 aliphatic carbocycles. The van der Waals surface area contributed by atoms with Crippen LogP contribution in [0.2, 0.25) is 0 Å². The van der Waals surface area contributed by atoms with Gasteiger partial charge in [0.25, 0.3) is 0 Å². The lowest BCUT2D eigenvalue weighted by atomic mass is 9.65. The van der Waals surface area contributed by atoms with Gasteiger partial charge in [0.15, 0.2) is 5.78 Å². The standard InChI is InChI=1S/C33H34O5/c34-17-27(35)18-38-31-8-5-23(13-28(31)33-14-19-9-25(15-33)26(10-19)16-33)21-1-2-22-12-24(4-3-20(22)11-21)32-29(36)6-7-30(32)37/h1-5,8,11-13,19,25-27,34-36H,6-7,9-10,14-18H2. The first-order valence-electron chi connectivity index (χ1n) is 14.0. The summed E-state index contributed by atoms with van der Waals surface area (Å²) in [5.74, 6) is 3.50. The molecule has 0 amide bonds. The zero-order chi connectivity index (χ0) is 26.0. The minimum Gasteiger partial charge on any atom is -0.512 e. The molecule has 0 aromatic heterocycles. The van der Waals surface area contributed by atoms with Crippen LogP contribution in [0.4, 0.5) is 0 Å². The predicted octanol–water partition coefficient (Wildman–Crippen LogP) is 5.95. The smallest absolute Gasteiger partial charge is 0.167 e. The van der Waals surface area contributed by atoms with Crippen LogP contribution in [0, 0.1) is 17.8 Å². The largest absolute Gasteiger partial charge is 0.512 e. The van der Waals surface area contributed by atoms with Crippen molar-refractivity contribution >= 4 is 22.1 Å². The highest BCUT2D eigenvalue weighted by Gasteiger charge is 2.57. The highest BCUT2D eigenvalue weighted by molar-refractivity contribution is 6.23. The Morgan fingerprint density at radius 3 is 2.18 bits per heavy atom. The van der Waals surface area contributed by atoms with E-state index < -0.39 is 6.10 Å². The molecule has 4 saturated carbocycles. The van der Waals surface area contributed by atoms with E-state index in [-0.39, 0.29) is 30.2 Å². The molecule has 3 unspecified atom stereocenters. The Balaban J connectivity index is 1.25. The fourth-order valence-corrected chi connectivity index (χ4v) is 8.18. The van der Waals surface area contributed by atoms with E-state index in [4.69, 9.17) is 4.74 Å². The molecule has 5 nitrogen and oxygen atoms in total. The van der Waals surface area contributed by atoms with E-state index in [0.717, 1.165) is 51.0 Å². The maximum absolute atomic E-state index is 12.3. The van der Waals surface area contributed by atoms with Gasteiger partial charge in [-0.15, -0.1) is 0 Å². The van der Waals surface area contributed by atoms with Gasteiger partial charge in [0, 0.05) is 18.4 Å². The molecule has 38 heavy (non-hydrogen) atoms. The van der Waals surface area contributed by atoms with Crippen LogP contribution in [0.5, 0.6) is 5.75 Å². The van der Waals surface area contributed by atoms with Gasteiger partial charge in [-0.3, -0.25) is 4.79 Å². The molecule has 5 aliphatic rings. The van der Waals surface area contributed by atoms with E-state index in [1.165, 1.54) is 37.7 Å².